The first-order chi connectivity index (χ1) is 7.70. The van der Waals surface area contributed by atoms with E-state index in [2.05, 4.69) is 22.2 Å². The number of halogens is 1. The average molecular weight is 245 g/mol. The van der Waals surface area contributed by atoms with E-state index < -0.39 is 0 Å². The van der Waals surface area contributed by atoms with Gasteiger partial charge in [-0.15, -0.1) is 0 Å². The molecule has 0 saturated heterocycles. The van der Waals surface area contributed by atoms with E-state index in [1.165, 1.54) is 6.33 Å². The van der Waals surface area contributed by atoms with E-state index in [0.717, 1.165) is 26.2 Å². The highest BCUT2D eigenvalue weighted by Gasteiger charge is 2.12. The minimum Gasteiger partial charge on any atom is -0.354 e. The molecule has 0 amide bonds. The summed E-state index contributed by atoms with van der Waals surface area (Å²) in [6.45, 7) is 7.37. The third-order valence-corrected chi connectivity index (χ3v) is 2.61. The Morgan fingerprint density at radius 3 is 2.94 bits per heavy atom. The smallest absolute Gasteiger partial charge is 0.271 e. The van der Waals surface area contributed by atoms with Crippen molar-refractivity contribution >= 4 is 17.4 Å². The molecule has 5 nitrogen and oxygen atoms in total. The van der Waals surface area contributed by atoms with Crippen molar-refractivity contribution in [3.63, 3.8) is 0 Å². The van der Waals surface area contributed by atoms with Crippen molar-refractivity contribution in [2.24, 2.45) is 0 Å². The molecule has 0 unspecified atom stereocenters. The molecular formula is C10H17ClN4O. The number of anilines is 1. The van der Waals surface area contributed by atoms with Crippen LogP contribution < -0.4 is 15.8 Å². The van der Waals surface area contributed by atoms with Gasteiger partial charge < -0.3 is 15.2 Å². The van der Waals surface area contributed by atoms with Gasteiger partial charge in [0.15, 0.2) is 5.82 Å². The Bertz CT molecular complexity index is 379. The van der Waals surface area contributed by atoms with Gasteiger partial charge >= 0.3 is 0 Å². The lowest BCUT2D eigenvalue weighted by Gasteiger charge is -2.22. The highest BCUT2D eigenvalue weighted by atomic mass is 35.5. The molecule has 0 spiro atoms. The summed E-state index contributed by atoms with van der Waals surface area (Å²) in [5.74, 6) is 0.547. The van der Waals surface area contributed by atoms with Crippen molar-refractivity contribution in [1.82, 2.24) is 15.3 Å². The van der Waals surface area contributed by atoms with E-state index in [1.807, 2.05) is 11.8 Å². The van der Waals surface area contributed by atoms with Gasteiger partial charge in [-0.1, -0.05) is 18.5 Å². The van der Waals surface area contributed by atoms with Gasteiger partial charge in [-0.2, -0.15) is 0 Å². The number of aromatic nitrogens is 2. The molecule has 6 heteroatoms. The third kappa shape index (κ3) is 3.21. The molecule has 0 radical (unpaired) electrons. The molecule has 1 heterocycles. The molecule has 0 aliphatic heterocycles. The van der Waals surface area contributed by atoms with Crippen LogP contribution in [0.2, 0.25) is 5.02 Å². The van der Waals surface area contributed by atoms with Crippen LogP contribution in [0.5, 0.6) is 0 Å². The maximum atomic E-state index is 11.3. The molecule has 0 bridgehead atoms. The topological polar surface area (TPSA) is 61.0 Å². The molecule has 0 aliphatic rings. The zero-order chi connectivity index (χ0) is 12.0. The van der Waals surface area contributed by atoms with Crippen LogP contribution in [0.15, 0.2) is 11.1 Å². The van der Waals surface area contributed by atoms with Crippen LogP contribution >= 0.6 is 11.6 Å². The Hall–Kier alpha value is -1.07. The first-order valence-corrected chi connectivity index (χ1v) is 5.77. The van der Waals surface area contributed by atoms with E-state index in [0.29, 0.717) is 5.82 Å². The van der Waals surface area contributed by atoms with Gasteiger partial charge in [0.25, 0.3) is 5.56 Å². The average Bonchev–Trinajstić information content (AvgIpc) is 2.29. The highest BCUT2D eigenvalue weighted by molar-refractivity contribution is 6.32. The van der Waals surface area contributed by atoms with E-state index >= 15 is 0 Å². The zero-order valence-electron chi connectivity index (χ0n) is 9.59. The monoisotopic (exact) mass is 244 g/mol. The van der Waals surface area contributed by atoms with E-state index in [4.69, 9.17) is 11.6 Å². The molecule has 0 atom stereocenters. The van der Waals surface area contributed by atoms with Crippen molar-refractivity contribution in [2.45, 2.75) is 13.8 Å². The number of hydrogen-bond acceptors (Lipinski definition) is 4. The Balaban J connectivity index is 2.78. The van der Waals surface area contributed by atoms with Crippen molar-refractivity contribution in [2.75, 3.05) is 31.1 Å². The molecule has 2 N–H and O–H groups in total. The van der Waals surface area contributed by atoms with Gasteiger partial charge in [-0.25, -0.2) is 4.98 Å². The molecule has 0 fully saturated rings. The largest absolute Gasteiger partial charge is 0.354 e. The van der Waals surface area contributed by atoms with Crippen LogP contribution in [0, 0.1) is 0 Å². The van der Waals surface area contributed by atoms with Crippen molar-refractivity contribution in [3.8, 4) is 0 Å². The summed E-state index contributed by atoms with van der Waals surface area (Å²) in [7, 11) is 0. The fraction of sp³-hybridized carbons (Fsp3) is 0.600. The number of nitrogens with one attached hydrogen (secondary N) is 2. The van der Waals surface area contributed by atoms with Crippen LogP contribution in [0.4, 0.5) is 5.82 Å². The number of aromatic amines is 1. The summed E-state index contributed by atoms with van der Waals surface area (Å²) in [6, 6.07) is 0. The van der Waals surface area contributed by atoms with E-state index in [9.17, 15) is 4.79 Å². The molecule has 0 saturated carbocycles. The standard InChI is InChI=1S/C10H17ClN4O/c1-3-12-5-6-15(4-2)9-8(11)10(16)14-7-13-9/h7,12H,3-6H2,1-2H3,(H,13,14,16). The molecule has 1 rings (SSSR count). The van der Waals surface area contributed by atoms with Gasteiger partial charge in [0.2, 0.25) is 0 Å². The predicted octanol–water partition coefficient (Wildman–Crippen LogP) is 0.859. The Morgan fingerprint density at radius 2 is 2.31 bits per heavy atom. The second-order valence-corrected chi connectivity index (χ2v) is 3.68. The summed E-state index contributed by atoms with van der Waals surface area (Å²) < 4.78 is 0. The summed E-state index contributed by atoms with van der Waals surface area (Å²) in [5.41, 5.74) is -0.298. The number of rotatable bonds is 6. The lowest BCUT2D eigenvalue weighted by molar-refractivity contribution is 0.683. The molecule has 0 aliphatic carbocycles. The minimum absolute atomic E-state index is 0.154. The maximum absolute atomic E-state index is 11.3. The van der Waals surface area contributed by atoms with Crippen LogP contribution in [-0.2, 0) is 0 Å². The summed E-state index contributed by atoms with van der Waals surface area (Å²) >= 11 is 5.91. The second-order valence-electron chi connectivity index (χ2n) is 3.30. The Kier molecular flexibility index (Phi) is 5.28. The Morgan fingerprint density at radius 1 is 1.56 bits per heavy atom. The van der Waals surface area contributed by atoms with Gasteiger partial charge in [0.1, 0.15) is 5.02 Å². The maximum Gasteiger partial charge on any atom is 0.271 e. The normalized spacial score (nSPS) is 10.4. The van der Waals surface area contributed by atoms with Gasteiger partial charge in [0.05, 0.1) is 6.33 Å². The van der Waals surface area contributed by atoms with Gasteiger partial charge in [-0.3, -0.25) is 4.79 Å². The molecule has 1 aromatic rings. The molecular weight excluding hydrogens is 228 g/mol. The number of likely N-dealkylation sites (N-methyl/N-ethyl adjacent to an activating group) is 2. The van der Waals surface area contributed by atoms with Crippen LogP contribution in [0.1, 0.15) is 13.8 Å². The van der Waals surface area contributed by atoms with E-state index in [1.54, 1.807) is 0 Å². The molecule has 1 aromatic heterocycles. The molecule has 0 aromatic carbocycles. The molecule has 16 heavy (non-hydrogen) atoms. The second kappa shape index (κ2) is 6.50. The fourth-order valence-corrected chi connectivity index (χ4v) is 1.62. The third-order valence-electron chi connectivity index (χ3n) is 2.27. The summed E-state index contributed by atoms with van der Waals surface area (Å²) in [5, 5.41) is 3.37. The number of hydrogen-bond donors (Lipinski definition) is 2. The Labute approximate surface area is 99.8 Å². The first-order valence-electron chi connectivity index (χ1n) is 5.39. The number of nitrogens with zero attached hydrogens (tertiary/aromatic N) is 2. The lowest BCUT2D eigenvalue weighted by Crippen LogP contribution is -2.33. The van der Waals surface area contributed by atoms with Crippen LogP contribution in [0.3, 0.4) is 0 Å². The lowest BCUT2D eigenvalue weighted by atomic mass is 10.4. The summed E-state index contributed by atoms with van der Waals surface area (Å²) in [4.78, 5) is 19.8. The van der Waals surface area contributed by atoms with Crippen LogP contribution in [0.25, 0.3) is 0 Å². The van der Waals surface area contributed by atoms with Crippen molar-refractivity contribution < 1.29 is 0 Å². The minimum atomic E-state index is -0.298. The molecule has 90 valence electrons. The quantitative estimate of drug-likeness (QED) is 0.729. The summed E-state index contributed by atoms with van der Waals surface area (Å²) in [6.07, 6.45) is 1.37. The van der Waals surface area contributed by atoms with Crippen molar-refractivity contribution in [1.29, 1.82) is 0 Å². The highest BCUT2D eigenvalue weighted by Crippen LogP contribution is 2.17. The van der Waals surface area contributed by atoms with Gasteiger partial charge in [0, 0.05) is 19.6 Å². The first kappa shape index (κ1) is 13.0. The number of H-pyrrole nitrogens is 1. The van der Waals surface area contributed by atoms with Gasteiger partial charge in [-0.05, 0) is 13.5 Å². The van der Waals surface area contributed by atoms with Crippen LogP contribution in [-0.4, -0.2) is 36.1 Å². The van der Waals surface area contributed by atoms with E-state index in [-0.39, 0.29) is 10.6 Å². The predicted molar refractivity (Wildman–Crippen MR) is 66.3 cm³/mol. The fourth-order valence-electron chi connectivity index (χ4n) is 1.40. The SMILES string of the molecule is CCNCCN(CC)c1nc[nH]c(=O)c1Cl. The zero-order valence-corrected chi connectivity index (χ0v) is 10.3. The van der Waals surface area contributed by atoms with Crippen molar-refractivity contribution in [3.05, 3.63) is 21.7 Å².